The summed E-state index contributed by atoms with van der Waals surface area (Å²) in [7, 11) is 0. The molecule has 1 saturated carbocycles. The highest BCUT2D eigenvalue weighted by atomic mass is 15.3. The molecule has 4 nitrogen and oxygen atoms in total. The quantitative estimate of drug-likeness (QED) is 0.738. The third-order valence-electron chi connectivity index (χ3n) is 3.55. The van der Waals surface area contributed by atoms with Crippen LogP contribution in [0.1, 0.15) is 51.9 Å². The van der Waals surface area contributed by atoms with E-state index < -0.39 is 0 Å². The second kappa shape index (κ2) is 5.17. The summed E-state index contributed by atoms with van der Waals surface area (Å²) in [6.45, 7) is 8.78. The van der Waals surface area contributed by atoms with E-state index in [9.17, 15) is 0 Å². The Hall–Kier alpha value is -0.900. The van der Waals surface area contributed by atoms with E-state index in [-0.39, 0.29) is 0 Å². The largest absolute Gasteiger partial charge is 0.316 e. The molecular formula is C13H24N4. The van der Waals surface area contributed by atoms with Crippen LogP contribution in [0.5, 0.6) is 0 Å². The molecule has 0 bridgehead atoms. The Balaban J connectivity index is 1.93. The van der Waals surface area contributed by atoms with Gasteiger partial charge in [-0.2, -0.15) is 5.10 Å². The molecule has 0 atom stereocenters. The molecule has 1 aromatic heterocycles. The summed E-state index contributed by atoms with van der Waals surface area (Å²) in [6, 6.07) is 0.409. The van der Waals surface area contributed by atoms with Gasteiger partial charge in [-0.1, -0.05) is 6.92 Å². The summed E-state index contributed by atoms with van der Waals surface area (Å²) in [5.74, 6) is 1.15. The zero-order valence-corrected chi connectivity index (χ0v) is 11.2. The molecule has 1 heterocycles. The Morgan fingerprint density at radius 3 is 2.82 bits per heavy atom. The van der Waals surface area contributed by atoms with Gasteiger partial charge in [0, 0.05) is 19.0 Å². The van der Waals surface area contributed by atoms with Crippen molar-refractivity contribution in [2.75, 3.05) is 13.1 Å². The molecule has 96 valence electrons. The Labute approximate surface area is 104 Å². The number of hydrogen-bond donors (Lipinski definition) is 1. The SMILES string of the molecule is CCCNCC1(Cc2ncnn2C(C)C)CC1. The summed E-state index contributed by atoms with van der Waals surface area (Å²) in [6.07, 6.45) is 6.62. The average Bonchev–Trinajstić information content (AvgIpc) is 2.88. The number of nitrogens with zero attached hydrogens (tertiary/aromatic N) is 3. The minimum absolute atomic E-state index is 0.409. The third kappa shape index (κ3) is 3.06. The summed E-state index contributed by atoms with van der Waals surface area (Å²) in [5, 5.41) is 7.85. The lowest BCUT2D eigenvalue weighted by Crippen LogP contribution is -2.27. The molecule has 0 aromatic carbocycles. The fourth-order valence-electron chi connectivity index (χ4n) is 2.29. The molecule has 0 radical (unpaired) electrons. The van der Waals surface area contributed by atoms with Crippen LogP contribution in [0.2, 0.25) is 0 Å². The first kappa shape index (κ1) is 12.6. The maximum atomic E-state index is 4.41. The molecule has 1 aliphatic carbocycles. The van der Waals surface area contributed by atoms with E-state index in [0.717, 1.165) is 25.3 Å². The van der Waals surface area contributed by atoms with Gasteiger partial charge in [-0.3, -0.25) is 0 Å². The van der Waals surface area contributed by atoms with Gasteiger partial charge in [0.25, 0.3) is 0 Å². The Kier molecular flexibility index (Phi) is 3.82. The van der Waals surface area contributed by atoms with Crippen molar-refractivity contribution in [2.24, 2.45) is 5.41 Å². The fourth-order valence-corrected chi connectivity index (χ4v) is 2.29. The molecule has 0 saturated heterocycles. The third-order valence-corrected chi connectivity index (χ3v) is 3.55. The van der Waals surface area contributed by atoms with Gasteiger partial charge in [-0.15, -0.1) is 0 Å². The molecule has 1 aromatic rings. The monoisotopic (exact) mass is 236 g/mol. The highest BCUT2D eigenvalue weighted by Gasteiger charge is 2.43. The van der Waals surface area contributed by atoms with E-state index in [1.807, 2.05) is 0 Å². The van der Waals surface area contributed by atoms with Crippen LogP contribution in [0.3, 0.4) is 0 Å². The van der Waals surface area contributed by atoms with Crippen LogP contribution < -0.4 is 5.32 Å². The van der Waals surface area contributed by atoms with Crippen LogP contribution in [-0.2, 0) is 6.42 Å². The second-order valence-corrected chi connectivity index (χ2v) is 5.57. The van der Waals surface area contributed by atoms with Crippen molar-refractivity contribution in [3.63, 3.8) is 0 Å². The van der Waals surface area contributed by atoms with Gasteiger partial charge in [-0.05, 0) is 45.1 Å². The van der Waals surface area contributed by atoms with E-state index in [2.05, 4.69) is 40.9 Å². The molecule has 0 unspecified atom stereocenters. The maximum absolute atomic E-state index is 4.41. The molecule has 1 aliphatic rings. The van der Waals surface area contributed by atoms with Gasteiger partial charge in [-0.25, -0.2) is 9.67 Å². The van der Waals surface area contributed by atoms with E-state index in [1.54, 1.807) is 6.33 Å². The van der Waals surface area contributed by atoms with Crippen molar-refractivity contribution in [3.05, 3.63) is 12.2 Å². The molecule has 17 heavy (non-hydrogen) atoms. The standard InChI is InChI=1S/C13H24N4/c1-4-7-14-9-13(5-6-13)8-12-15-10-16-17(12)11(2)3/h10-11,14H,4-9H2,1-3H3. The van der Waals surface area contributed by atoms with Crippen LogP contribution >= 0.6 is 0 Å². The number of rotatable bonds is 7. The van der Waals surface area contributed by atoms with E-state index in [1.165, 1.54) is 19.3 Å². The van der Waals surface area contributed by atoms with Crippen LogP contribution in [0.25, 0.3) is 0 Å². The Bertz CT molecular complexity index is 352. The molecular weight excluding hydrogens is 212 g/mol. The van der Waals surface area contributed by atoms with Gasteiger partial charge < -0.3 is 5.32 Å². The maximum Gasteiger partial charge on any atom is 0.138 e. The van der Waals surface area contributed by atoms with Gasteiger partial charge in [0.2, 0.25) is 0 Å². The van der Waals surface area contributed by atoms with Crippen molar-refractivity contribution in [1.82, 2.24) is 20.1 Å². The highest BCUT2D eigenvalue weighted by Crippen LogP contribution is 2.47. The summed E-state index contributed by atoms with van der Waals surface area (Å²) < 4.78 is 2.06. The molecule has 4 heteroatoms. The van der Waals surface area contributed by atoms with E-state index >= 15 is 0 Å². The first-order chi connectivity index (χ1) is 8.17. The van der Waals surface area contributed by atoms with Crippen LogP contribution in [0.15, 0.2) is 6.33 Å². The zero-order valence-electron chi connectivity index (χ0n) is 11.2. The lowest BCUT2D eigenvalue weighted by molar-refractivity contribution is 0.417. The normalized spacial score (nSPS) is 17.6. The van der Waals surface area contributed by atoms with Gasteiger partial charge >= 0.3 is 0 Å². The van der Waals surface area contributed by atoms with Crippen LogP contribution in [0, 0.1) is 5.41 Å². The Morgan fingerprint density at radius 2 is 2.24 bits per heavy atom. The van der Waals surface area contributed by atoms with Gasteiger partial charge in [0.1, 0.15) is 12.2 Å². The van der Waals surface area contributed by atoms with Gasteiger partial charge in [0.15, 0.2) is 0 Å². The van der Waals surface area contributed by atoms with Crippen molar-refractivity contribution in [3.8, 4) is 0 Å². The second-order valence-electron chi connectivity index (χ2n) is 5.57. The highest BCUT2D eigenvalue weighted by molar-refractivity contribution is 5.03. The average molecular weight is 236 g/mol. The first-order valence-electron chi connectivity index (χ1n) is 6.76. The van der Waals surface area contributed by atoms with Crippen molar-refractivity contribution in [1.29, 1.82) is 0 Å². The van der Waals surface area contributed by atoms with E-state index in [4.69, 9.17) is 0 Å². The van der Waals surface area contributed by atoms with Gasteiger partial charge in [0.05, 0.1) is 0 Å². The molecule has 0 spiro atoms. The first-order valence-corrected chi connectivity index (χ1v) is 6.76. The number of aromatic nitrogens is 3. The number of hydrogen-bond acceptors (Lipinski definition) is 3. The topological polar surface area (TPSA) is 42.7 Å². The van der Waals surface area contributed by atoms with Crippen molar-refractivity contribution >= 4 is 0 Å². The molecule has 0 aliphatic heterocycles. The molecule has 1 N–H and O–H groups in total. The fraction of sp³-hybridized carbons (Fsp3) is 0.846. The van der Waals surface area contributed by atoms with E-state index in [0.29, 0.717) is 11.5 Å². The predicted octanol–water partition coefficient (Wildman–Crippen LogP) is 2.18. The Morgan fingerprint density at radius 1 is 1.47 bits per heavy atom. The van der Waals surface area contributed by atoms with Crippen molar-refractivity contribution in [2.45, 2.75) is 52.5 Å². The molecule has 2 rings (SSSR count). The molecule has 1 fully saturated rings. The minimum atomic E-state index is 0.409. The molecule has 0 amide bonds. The van der Waals surface area contributed by atoms with Crippen molar-refractivity contribution < 1.29 is 0 Å². The lowest BCUT2D eigenvalue weighted by atomic mass is 10.0. The zero-order chi connectivity index (χ0) is 12.3. The van der Waals surface area contributed by atoms with Crippen LogP contribution in [0.4, 0.5) is 0 Å². The number of nitrogens with one attached hydrogen (secondary N) is 1. The summed E-state index contributed by atoms with van der Waals surface area (Å²) in [4.78, 5) is 4.41. The predicted molar refractivity (Wildman–Crippen MR) is 68.9 cm³/mol. The smallest absolute Gasteiger partial charge is 0.138 e. The van der Waals surface area contributed by atoms with Crippen LogP contribution in [-0.4, -0.2) is 27.9 Å². The summed E-state index contributed by atoms with van der Waals surface area (Å²) in [5.41, 5.74) is 0.467. The minimum Gasteiger partial charge on any atom is -0.316 e. The lowest BCUT2D eigenvalue weighted by Gasteiger charge is -2.17. The summed E-state index contributed by atoms with van der Waals surface area (Å²) >= 11 is 0.